The van der Waals surface area contributed by atoms with Gasteiger partial charge in [-0.25, -0.2) is 14.4 Å². The van der Waals surface area contributed by atoms with Crippen molar-refractivity contribution in [2.45, 2.75) is 18.7 Å². The zero-order valence-corrected chi connectivity index (χ0v) is 14.9. The van der Waals surface area contributed by atoms with Crippen molar-refractivity contribution in [3.05, 3.63) is 43.2 Å². The lowest BCUT2D eigenvalue weighted by molar-refractivity contribution is 0.0691. The number of aromatic amines is 2. The average molecular weight is 379 g/mol. The summed E-state index contributed by atoms with van der Waals surface area (Å²) in [4.78, 5) is 16.4. The number of ether oxygens (including phenoxy) is 1. The fourth-order valence-electron chi connectivity index (χ4n) is 3.40. The summed E-state index contributed by atoms with van der Waals surface area (Å²) in [6.07, 6.45) is 9.39. The van der Waals surface area contributed by atoms with Crippen LogP contribution in [-0.2, 0) is 0 Å². The third-order valence-electron chi connectivity index (χ3n) is 4.87. The van der Waals surface area contributed by atoms with Gasteiger partial charge in [0.2, 0.25) is 5.88 Å². The molecule has 0 spiro atoms. The molecule has 1 aliphatic heterocycles. The van der Waals surface area contributed by atoms with Crippen molar-refractivity contribution in [2.75, 3.05) is 13.1 Å². The zero-order valence-electron chi connectivity index (χ0n) is 14.9. The smallest absolute Gasteiger partial charge is 0.233 e. The van der Waals surface area contributed by atoms with E-state index in [-0.39, 0.29) is 0 Å². The number of pyridine rings is 1. The summed E-state index contributed by atoms with van der Waals surface area (Å²) in [5.41, 5.74) is 4.13. The number of alkyl halides is 1. The number of nitrogens with zero attached hydrogens (tertiary/aromatic N) is 4. The summed E-state index contributed by atoms with van der Waals surface area (Å²) >= 11 is 0. The molecule has 8 nitrogen and oxygen atoms in total. The van der Waals surface area contributed by atoms with Gasteiger partial charge in [0.1, 0.15) is 17.9 Å². The first-order valence-electron chi connectivity index (χ1n) is 9.08. The average Bonchev–Trinajstić information content (AvgIpc) is 3.39. The van der Waals surface area contributed by atoms with Gasteiger partial charge in [0.05, 0.1) is 24.3 Å². The second-order valence-electron chi connectivity index (χ2n) is 6.72. The Labute approximate surface area is 159 Å². The van der Waals surface area contributed by atoms with E-state index in [1.807, 2.05) is 18.5 Å². The normalized spacial score (nSPS) is 19.8. The molecular formula is C19H18FN7O. The number of piperidine rings is 1. The third kappa shape index (κ3) is 3.09. The Morgan fingerprint density at radius 3 is 2.93 bits per heavy atom. The van der Waals surface area contributed by atoms with E-state index in [0.29, 0.717) is 24.5 Å². The molecule has 0 aromatic carbocycles. The number of aromatic nitrogens is 6. The minimum atomic E-state index is -1.06. The Hall–Kier alpha value is -3.33. The maximum atomic E-state index is 14.0. The zero-order chi connectivity index (χ0) is 18.9. The van der Waals surface area contributed by atoms with E-state index in [9.17, 15) is 4.39 Å². The second kappa shape index (κ2) is 7.01. The molecule has 1 aliphatic rings. The number of halogens is 1. The first-order valence-corrected chi connectivity index (χ1v) is 9.08. The number of nitrogens with one attached hydrogen (secondary N) is 3. The third-order valence-corrected chi connectivity index (χ3v) is 4.87. The second-order valence-corrected chi connectivity index (χ2v) is 6.72. The van der Waals surface area contributed by atoms with Crippen molar-refractivity contribution in [1.82, 2.24) is 35.5 Å². The maximum Gasteiger partial charge on any atom is 0.233 e. The topological polar surface area (TPSA) is 104 Å². The van der Waals surface area contributed by atoms with Crippen molar-refractivity contribution >= 4 is 11.0 Å². The molecule has 5 heterocycles. The molecule has 5 rings (SSSR count). The van der Waals surface area contributed by atoms with Gasteiger partial charge in [-0.15, -0.1) is 0 Å². The van der Waals surface area contributed by atoms with Crippen LogP contribution in [0.3, 0.4) is 0 Å². The van der Waals surface area contributed by atoms with E-state index in [4.69, 9.17) is 4.74 Å². The Kier molecular flexibility index (Phi) is 4.21. The van der Waals surface area contributed by atoms with Crippen molar-refractivity contribution in [1.29, 1.82) is 0 Å². The van der Waals surface area contributed by atoms with Gasteiger partial charge in [0.15, 0.2) is 0 Å². The van der Waals surface area contributed by atoms with Gasteiger partial charge in [-0.1, -0.05) is 0 Å². The van der Waals surface area contributed by atoms with Crippen LogP contribution in [0.2, 0.25) is 0 Å². The van der Waals surface area contributed by atoms with Crippen LogP contribution in [0.15, 0.2) is 43.2 Å². The van der Waals surface area contributed by atoms with Crippen LogP contribution in [0.5, 0.6) is 5.88 Å². The summed E-state index contributed by atoms with van der Waals surface area (Å²) in [6, 6.07) is 2.03. The van der Waals surface area contributed by atoms with Crippen LogP contribution in [0.25, 0.3) is 33.4 Å². The fourth-order valence-corrected chi connectivity index (χ4v) is 3.40. The molecule has 0 saturated carbocycles. The molecule has 0 unspecified atom stereocenters. The minimum Gasteiger partial charge on any atom is -0.470 e. The highest BCUT2D eigenvalue weighted by Gasteiger charge is 2.26. The Morgan fingerprint density at radius 1 is 1.11 bits per heavy atom. The number of hydrogen-bond acceptors (Lipinski definition) is 6. The molecule has 3 N–H and O–H groups in total. The highest BCUT2D eigenvalue weighted by molar-refractivity contribution is 5.94. The molecule has 4 aromatic rings. The molecule has 142 valence electrons. The minimum absolute atomic E-state index is 0.294. The van der Waals surface area contributed by atoms with E-state index in [0.717, 1.165) is 34.3 Å². The summed E-state index contributed by atoms with van der Waals surface area (Å²) in [7, 11) is 0. The number of fused-ring (bicyclic) bond motifs is 1. The van der Waals surface area contributed by atoms with Crippen molar-refractivity contribution in [2.24, 2.45) is 0 Å². The molecule has 0 amide bonds. The Morgan fingerprint density at radius 2 is 2.07 bits per heavy atom. The van der Waals surface area contributed by atoms with Crippen molar-refractivity contribution < 1.29 is 9.13 Å². The van der Waals surface area contributed by atoms with E-state index >= 15 is 0 Å². The fraction of sp³-hybridized carbons (Fsp3) is 0.263. The molecule has 1 saturated heterocycles. The Bertz CT molecular complexity index is 1090. The van der Waals surface area contributed by atoms with Crippen LogP contribution in [0.4, 0.5) is 4.39 Å². The van der Waals surface area contributed by atoms with Gasteiger partial charge in [-0.2, -0.15) is 5.10 Å². The van der Waals surface area contributed by atoms with Gasteiger partial charge in [0.25, 0.3) is 0 Å². The molecule has 0 aliphatic carbocycles. The van der Waals surface area contributed by atoms with Crippen LogP contribution in [-0.4, -0.2) is 55.5 Å². The van der Waals surface area contributed by atoms with Gasteiger partial charge in [0, 0.05) is 47.2 Å². The van der Waals surface area contributed by atoms with E-state index in [1.165, 1.54) is 6.20 Å². The largest absolute Gasteiger partial charge is 0.470 e. The first kappa shape index (κ1) is 16.8. The van der Waals surface area contributed by atoms with Crippen LogP contribution >= 0.6 is 0 Å². The highest BCUT2D eigenvalue weighted by Crippen LogP contribution is 2.30. The quantitative estimate of drug-likeness (QED) is 0.503. The van der Waals surface area contributed by atoms with Gasteiger partial charge in [-0.3, -0.25) is 10.1 Å². The summed E-state index contributed by atoms with van der Waals surface area (Å²) < 4.78 is 19.8. The lowest BCUT2D eigenvalue weighted by atomic mass is 10.1. The van der Waals surface area contributed by atoms with E-state index < -0.39 is 12.3 Å². The van der Waals surface area contributed by atoms with Gasteiger partial charge >= 0.3 is 0 Å². The lowest BCUT2D eigenvalue weighted by Gasteiger charge is -2.26. The molecule has 0 radical (unpaired) electrons. The monoisotopic (exact) mass is 379 g/mol. The highest BCUT2D eigenvalue weighted by atomic mass is 19.1. The number of H-pyrrole nitrogens is 2. The lowest BCUT2D eigenvalue weighted by Crippen LogP contribution is -2.44. The molecule has 9 heteroatoms. The van der Waals surface area contributed by atoms with E-state index in [2.05, 4.69) is 35.5 Å². The number of hydrogen-bond donors (Lipinski definition) is 3. The molecule has 0 bridgehead atoms. The van der Waals surface area contributed by atoms with Crippen LogP contribution in [0, 0.1) is 0 Å². The van der Waals surface area contributed by atoms with Crippen molar-refractivity contribution in [3.8, 4) is 28.3 Å². The predicted octanol–water partition coefficient (Wildman–Crippen LogP) is 2.49. The van der Waals surface area contributed by atoms with E-state index in [1.54, 1.807) is 18.6 Å². The molecular weight excluding hydrogens is 361 g/mol. The molecule has 1 fully saturated rings. The predicted molar refractivity (Wildman–Crippen MR) is 102 cm³/mol. The standard InChI is InChI=1S/C19H18FN7O/c20-15-8-21-2-1-17(15)28-18-10-22-9-16(27-18)14-7-24-19-13(14)3-11(4-23-19)12-5-25-26-6-12/h3-7,9-10,15,17,21H,1-2,8H2,(H,23,24)(H,25,26)/t15-,17-/m0/s1. The maximum absolute atomic E-state index is 14.0. The molecule has 28 heavy (non-hydrogen) atoms. The summed E-state index contributed by atoms with van der Waals surface area (Å²) in [5.74, 6) is 0.320. The van der Waals surface area contributed by atoms with Crippen molar-refractivity contribution in [3.63, 3.8) is 0 Å². The summed E-state index contributed by atoms with van der Waals surface area (Å²) in [5, 5.41) is 10.7. The first-order chi connectivity index (χ1) is 13.8. The molecule has 4 aromatic heterocycles. The van der Waals surface area contributed by atoms with Gasteiger partial charge < -0.3 is 15.0 Å². The van der Waals surface area contributed by atoms with Crippen LogP contribution in [0.1, 0.15) is 6.42 Å². The van der Waals surface area contributed by atoms with Crippen LogP contribution < -0.4 is 10.1 Å². The Balaban J connectivity index is 1.49. The number of rotatable bonds is 4. The van der Waals surface area contributed by atoms with Gasteiger partial charge in [-0.05, 0) is 19.0 Å². The SMILES string of the molecule is F[C@H]1CNCC[C@@H]1Oc1cncc(-c2c[nH]c3ncc(-c4cn[nH]c4)cc23)n1. The molecule has 2 atom stereocenters. The summed E-state index contributed by atoms with van der Waals surface area (Å²) in [6.45, 7) is 1.02.